The minimum atomic E-state index is -0.511. The average Bonchev–Trinajstić information content (AvgIpc) is 3.40. The van der Waals surface area contributed by atoms with Gasteiger partial charge in [-0.05, 0) is 63.2 Å². The first kappa shape index (κ1) is 22.9. The van der Waals surface area contributed by atoms with Crippen LogP contribution in [0.15, 0.2) is 47.8 Å². The molecular formula is C25H27NO6S. The summed E-state index contributed by atoms with van der Waals surface area (Å²) in [6.07, 6.45) is 0.375. The molecular weight excluding hydrogens is 442 g/mol. The van der Waals surface area contributed by atoms with Crippen LogP contribution in [0.3, 0.4) is 0 Å². The number of ether oxygens (including phenoxy) is 4. The molecule has 1 amide bonds. The van der Waals surface area contributed by atoms with Crippen molar-refractivity contribution >= 4 is 33.5 Å². The van der Waals surface area contributed by atoms with Crippen molar-refractivity contribution in [1.29, 1.82) is 0 Å². The molecule has 0 aliphatic carbocycles. The van der Waals surface area contributed by atoms with Crippen molar-refractivity contribution in [3.8, 4) is 17.2 Å². The van der Waals surface area contributed by atoms with Gasteiger partial charge in [0.25, 0.3) is 0 Å². The number of amides is 1. The fourth-order valence-electron chi connectivity index (χ4n) is 3.55. The van der Waals surface area contributed by atoms with Gasteiger partial charge in [-0.15, -0.1) is 11.3 Å². The molecule has 0 spiro atoms. The maximum atomic E-state index is 12.2. The summed E-state index contributed by atoms with van der Waals surface area (Å²) >= 11 is 1.51. The van der Waals surface area contributed by atoms with Gasteiger partial charge in [0.15, 0.2) is 0 Å². The van der Waals surface area contributed by atoms with Gasteiger partial charge in [-0.1, -0.05) is 0 Å². The first-order valence-corrected chi connectivity index (χ1v) is 11.6. The number of benzene rings is 2. The largest absolute Gasteiger partial charge is 0.489 e. The fraction of sp³-hybridized carbons (Fsp3) is 0.360. The van der Waals surface area contributed by atoms with Gasteiger partial charge in [0, 0.05) is 28.4 Å². The number of carbonyl (C=O) groups excluding carboxylic acids is 2. The standard InChI is InChI=1S/C25H27NO6S/c1-25(2,3)32-24(28)26-12-11-19(14-26)30-17-6-8-18(9-7-17)31-21-15-33-22-13-16(23(27)29-4)5-10-20(21)22/h5-10,13,15,19H,11-12,14H2,1-4H3. The SMILES string of the molecule is COC(=O)c1ccc2c(Oc3ccc(OC4CCN(C(=O)OC(C)(C)C)C4)cc3)csc2c1. The number of likely N-dealkylation sites (tertiary alicyclic amines) is 1. The normalized spacial score (nSPS) is 16.0. The van der Waals surface area contributed by atoms with E-state index in [2.05, 4.69) is 0 Å². The molecule has 0 saturated carbocycles. The van der Waals surface area contributed by atoms with E-state index in [9.17, 15) is 9.59 Å². The molecule has 1 fully saturated rings. The zero-order valence-electron chi connectivity index (χ0n) is 19.1. The molecule has 1 atom stereocenters. The van der Waals surface area contributed by atoms with Gasteiger partial charge in [0.1, 0.15) is 29.0 Å². The van der Waals surface area contributed by atoms with Crippen molar-refractivity contribution in [2.75, 3.05) is 20.2 Å². The van der Waals surface area contributed by atoms with E-state index < -0.39 is 5.60 Å². The zero-order chi connectivity index (χ0) is 23.6. The van der Waals surface area contributed by atoms with E-state index in [-0.39, 0.29) is 18.2 Å². The highest BCUT2D eigenvalue weighted by Crippen LogP contribution is 2.36. The second-order valence-corrected chi connectivity index (χ2v) is 9.74. The van der Waals surface area contributed by atoms with E-state index in [1.54, 1.807) is 17.0 Å². The molecule has 8 heteroatoms. The molecule has 7 nitrogen and oxygen atoms in total. The van der Waals surface area contributed by atoms with Crippen LogP contribution >= 0.6 is 11.3 Å². The summed E-state index contributed by atoms with van der Waals surface area (Å²) in [5, 5.41) is 2.85. The van der Waals surface area contributed by atoms with Crippen LogP contribution in [-0.2, 0) is 9.47 Å². The number of nitrogens with zero attached hydrogens (tertiary/aromatic N) is 1. The van der Waals surface area contributed by atoms with Crippen molar-refractivity contribution < 1.29 is 28.5 Å². The van der Waals surface area contributed by atoms with Crippen LogP contribution in [0.25, 0.3) is 10.1 Å². The quantitative estimate of drug-likeness (QED) is 0.435. The lowest BCUT2D eigenvalue weighted by atomic mass is 10.2. The molecule has 3 aromatic rings. The molecule has 4 rings (SSSR count). The van der Waals surface area contributed by atoms with Crippen LogP contribution < -0.4 is 9.47 Å². The molecule has 1 unspecified atom stereocenters. The topological polar surface area (TPSA) is 74.3 Å². The second-order valence-electron chi connectivity index (χ2n) is 8.83. The molecule has 2 heterocycles. The predicted molar refractivity (Wildman–Crippen MR) is 127 cm³/mol. The Kier molecular flexibility index (Phi) is 6.47. The number of fused-ring (bicyclic) bond motifs is 1. The van der Waals surface area contributed by atoms with Gasteiger partial charge in [-0.2, -0.15) is 0 Å². The Bertz CT molecular complexity index is 1150. The van der Waals surface area contributed by atoms with E-state index in [4.69, 9.17) is 18.9 Å². The average molecular weight is 470 g/mol. The summed E-state index contributed by atoms with van der Waals surface area (Å²) in [5.74, 6) is 1.76. The Hall–Kier alpha value is -3.26. The molecule has 0 radical (unpaired) electrons. The highest BCUT2D eigenvalue weighted by molar-refractivity contribution is 7.17. The fourth-order valence-corrected chi connectivity index (χ4v) is 4.45. The van der Waals surface area contributed by atoms with E-state index in [1.807, 2.05) is 56.5 Å². The van der Waals surface area contributed by atoms with Crippen molar-refractivity contribution in [2.45, 2.75) is 38.9 Å². The number of rotatable bonds is 5. The number of thiophene rings is 1. The Morgan fingerprint density at radius 1 is 1.06 bits per heavy atom. The van der Waals surface area contributed by atoms with Crippen molar-refractivity contribution in [3.63, 3.8) is 0 Å². The van der Waals surface area contributed by atoms with Crippen molar-refractivity contribution in [2.24, 2.45) is 0 Å². The Morgan fingerprint density at radius 3 is 2.48 bits per heavy atom. The maximum absolute atomic E-state index is 12.2. The summed E-state index contributed by atoms with van der Waals surface area (Å²) in [5.41, 5.74) is 0.000516. The lowest BCUT2D eigenvalue weighted by Crippen LogP contribution is -2.36. The smallest absolute Gasteiger partial charge is 0.410 e. The van der Waals surface area contributed by atoms with Crippen molar-refractivity contribution in [3.05, 3.63) is 53.4 Å². The summed E-state index contributed by atoms with van der Waals surface area (Å²) in [6.45, 7) is 6.69. The lowest BCUT2D eigenvalue weighted by molar-refractivity contribution is 0.0275. The third-order valence-electron chi connectivity index (χ3n) is 5.11. The molecule has 174 valence electrons. The van der Waals surface area contributed by atoms with E-state index in [0.29, 0.717) is 24.4 Å². The van der Waals surface area contributed by atoms with Gasteiger partial charge in [-0.25, -0.2) is 9.59 Å². The van der Waals surface area contributed by atoms with E-state index in [1.165, 1.54) is 18.4 Å². The van der Waals surface area contributed by atoms with Crippen LogP contribution in [0, 0.1) is 0 Å². The van der Waals surface area contributed by atoms with Crippen LogP contribution in [0.5, 0.6) is 17.2 Å². The Labute approximate surface area is 196 Å². The minimum Gasteiger partial charge on any atom is -0.489 e. The molecule has 1 aliphatic rings. The summed E-state index contributed by atoms with van der Waals surface area (Å²) in [7, 11) is 1.37. The van der Waals surface area contributed by atoms with Gasteiger partial charge >= 0.3 is 12.1 Å². The molecule has 1 aromatic heterocycles. The number of hydrogen-bond acceptors (Lipinski definition) is 7. The highest BCUT2D eigenvalue weighted by Gasteiger charge is 2.30. The minimum absolute atomic E-state index is 0.0749. The number of esters is 1. The molecule has 0 bridgehead atoms. The van der Waals surface area contributed by atoms with Gasteiger partial charge in [0.2, 0.25) is 0 Å². The Morgan fingerprint density at radius 2 is 1.79 bits per heavy atom. The zero-order valence-corrected chi connectivity index (χ0v) is 19.9. The molecule has 1 saturated heterocycles. The van der Waals surface area contributed by atoms with Gasteiger partial charge in [0.05, 0.1) is 19.2 Å². The van der Waals surface area contributed by atoms with Gasteiger partial charge < -0.3 is 23.8 Å². The molecule has 33 heavy (non-hydrogen) atoms. The highest BCUT2D eigenvalue weighted by atomic mass is 32.1. The molecule has 0 N–H and O–H groups in total. The van der Waals surface area contributed by atoms with Gasteiger partial charge in [-0.3, -0.25) is 0 Å². The van der Waals surface area contributed by atoms with Crippen LogP contribution in [0.2, 0.25) is 0 Å². The summed E-state index contributed by atoms with van der Waals surface area (Å²) in [4.78, 5) is 25.6. The summed E-state index contributed by atoms with van der Waals surface area (Å²) in [6, 6.07) is 12.8. The van der Waals surface area contributed by atoms with Crippen LogP contribution in [-0.4, -0.2) is 48.9 Å². The third-order valence-corrected chi connectivity index (χ3v) is 6.04. The first-order valence-electron chi connectivity index (χ1n) is 10.7. The third kappa shape index (κ3) is 5.57. The van der Waals surface area contributed by atoms with Crippen LogP contribution in [0.4, 0.5) is 4.79 Å². The summed E-state index contributed by atoms with van der Waals surface area (Å²) < 4.78 is 23.3. The van der Waals surface area contributed by atoms with Crippen LogP contribution in [0.1, 0.15) is 37.6 Å². The van der Waals surface area contributed by atoms with E-state index >= 15 is 0 Å². The number of hydrogen-bond donors (Lipinski definition) is 0. The molecule has 1 aliphatic heterocycles. The second kappa shape index (κ2) is 9.31. The van der Waals surface area contributed by atoms with E-state index in [0.717, 1.165) is 28.0 Å². The number of carbonyl (C=O) groups is 2. The Balaban J connectivity index is 1.35. The maximum Gasteiger partial charge on any atom is 0.410 e. The molecule has 2 aromatic carbocycles. The first-order chi connectivity index (χ1) is 15.7. The monoisotopic (exact) mass is 469 g/mol. The lowest BCUT2D eigenvalue weighted by Gasteiger charge is -2.24. The number of methoxy groups -OCH3 is 1. The predicted octanol–water partition coefficient (Wildman–Crippen LogP) is 5.87. The van der Waals surface area contributed by atoms with Crippen molar-refractivity contribution in [1.82, 2.24) is 4.90 Å².